The van der Waals surface area contributed by atoms with E-state index in [1.165, 1.54) is 24.9 Å². The van der Waals surface area contributed by atoms with Crippen molar-refractivity contribution in [3.8, 4) is 0 Å². The molecule has 1 saturated heterocycles. The van der Waals surface area contributed by atoms with Crippen molar-refractivity contribution in [1.82, 2.24) is 10.2 Å². The molecule has 1 aromatic rings. The maximum atomic E-state index is 11.7. The van der Waals surface area contributed by atoms with E-state index in [1.54, 1.807) is 11.8 Å². The molecule has 1 amide bonds. The van der Waals surface area contributed by atoms with Gasteiger partial charge in [-0.05, 0) is 50.6 Å². The monoisotopic (exact) mass is 306 g/mol. The molecule has 1 unspecified atom stereocenters. The smallest absolute Gasteiger partial charge is 0.230 e. The van der Waals surface area contributed by atoms with Crippen molar-refractivity contribution in [3.05, 3.63) is 35.9 Å². The van der Waals surface area contributed by atoms with Crippen molar-refractivity contribution >= 4 is 17.7 Å². The van der Waals surface area contributed by atoms with Gasteiger partial charge >= 0.3 is 0 Å². The molecule has 1 atom stereocenters. The van der Waals surface area contributed by atoms with Gasteiger partial charge in [-0.15, -0.1) is 0 Å². The Hall–Kier alpha value is -1.00. The molecule has 0 aromatic heterocycles. The number of hydrogen-bond acceptors (Lipinski definition) is 3. The lowest BCUT2D eigenvalue weighted by Crippen LogP contribution is -2.48. The number of piperidine rings is 1. The summed E-state index contributed by atoms with van der Waals surface area (Å²) in [6.07, 6.45) is 6.61. The second-order valence-corrected chi connectivity index (χ2v) is 6.60. The molecule has 3 nitrogen and oxygen atoms in total. The summed E-state index contributed by atoms with van der Waals surface area (Å²) in [6.45, 7) is 3.31. The van der Waals surface area contributed by atoms with Crippen molar-refractivity contribution in [3.63, 3.8) is 0 Å². The van der Waals surface area contributed by atoms with Gasteiger partial charge in [-0.2, -0.15) is 11.8 Å². The molecular formula is C17H26N2OS. The highest BCUT2D eigenvalue weighted by molar-refractivity contribution is 7.99. The Labute approximate surface area is 132 Å². The molecule has 1 aliphatic heterocycles. The Morgan fingerprint density at radius 3 is 2.95 bits per heavy atom. The Kier molecular flexibility index (Phi) is 7.10. The van der Waals surface area contributed by atoms with Crippen LogP contribution >= 0.6 is 11.8 Å². The lowest BCUT2D eigenvalue weighted by molar-refractivity contribution is -0.119. The van der Waals surface area contributed by atoms with Gasteiger partial charge in [0.2, 0.25) is 5.91 Å². The number of aryl methyl sites for hydroxylation is 1. The van der Waals surface area contributed by atoms with Crippen LogP contribution in [0.4, 0.5) is 0 Å². The number of rotatable bonds is 7. The highest BCUT2D eigenvalue weighted by atomic mass is 32.2. The number of thioether (sulfide) groups is 1. The zero-order chi connectivity index (χ0) is 14.9. The number of benzene rings is 1. The quantitative estimate of drug-likeness (QED) is 0.840. The summed E-state index contributed by atoms with van der Waals surface area (Å²) in [5.74, 6) is 0.753. The molecule has 116 valence electrons. The lowest BCUT2D eigenvalue weighted by atomic mass is 10.0. The van der Waals surface area contributed by atoms with Gasteiger partial charge in [-0.3, -0.25) is 4.79 Å². The average Bonchev–Trinajstić information content (AvgIpc) is 2.49. The van der Waals surface area contributed by atoms with Crippen LogP contribution in [-0.4, -0.2) is 48.5 Å². The van der Waals surface area contributed by atoms with Gasteiger partial charge in [0.25, 0.3) is 0 Å². The Morgan fingerprint density at radius 1 is 1.38 bits per heavy atom. The maximum absolute atomic E-state index is 11.7. The van der Waals surface area contributed by atoms with Gasteiger partial charge in [-0.1, -0.05) is 30.3 Å². The summed E-state index contributed by atoms with van der Waals surface area (Å²) in [6, 6.07) is 11.0. The van der Waals surface area contributed by atoms with Crippen LogP contribution < -0.4 is 5.32 Å². The van der Waals surface area contributed by atoms with Crippen LogP contribution in [0.2, 0.25) is 0 Å². The Bertz CT molecular complexity index is 424. The molecule has 0 saturated carbocycles. The predicted octanol–water partition coefficient (Wildman–Crippen LogP) is 2.56. The number of nitrogens with zero attached hydrogens (tertiary/aromatic N) is 1. The van der Waals surface area contributed by atoms with Gasteiger partial charge in [0.15, 0.2) is 0 Å². The van der Waals surface area contributed by atoms with Gasteiger partial charge in [0.1, 0.15) is 0 Å². The van der Waals surface area contributed by atoms with E-state index in [-0.39, 0.29) is 5.91 Å². The van der Waals surface area contributed by atoms with Crippen LogP contribution in [-0.2, 0) is 11.2 Å². The van der Waals surface area contributed by atoms with E-state index in [0.717, 1.165) is 25.9 Å². The fraction of sp³-hybridized carbons (Fsp3) is 0.588. The summed E-state index contributed by atoms with van der Waals surface area (Å²) < 4.78 is 0. The molecular weight excluding hydrogens is 280 g/mol. The number of likely N-dealkylation sites (tertiary alicyclic amines) is 1. The second-order valence-electron chi connectivity index (χ2n) is 5.73. The minimum atomic E-state index is 0.179. The normalized spacial score (nSPS) is 19.4. The first kappa shape index (κ1) is 16.4. The molecule has 0 spiro atoms. The SMILES string of the molecule is CSCC(=O)NC1CCCN(CCCc2ccccc2)C1. The van der Waals surface area contributed by atoms with Crippen LogP contribution in [0.1, 0.15) is 24.8 Å². The van der Waals surface area contributed by atoms with E-state index in [4.69, 9.17) is 0 Å². The first-order chi connectivity index (χ1) is 10.3. The fourth-order valence-corrected chi connectivity index (χ4v) is 3.27. The molecule has 1 aliphatic rings. The third-order valence-electron chi connectivity index (χ3n) is 3.93. The zero-order valence-corrected chi connectivity index (χ0v) is 13.7. The zero-order valence-electron chi connectivity index (χ0n) is 12.9. The van der Waals surface area contributed by atoms with Crippen molar-refractivity contribution in [2.45, 2.75) is 31.7 Å². The van der Waals surface area contributed by atoms with Crippen molar-refractivity contribution < 1.29 is 4.79 Å². The Balaban J connectivity index is 1.68. The standard InChI is InChI=1S/C17H26N2OS/c1-21-14-17(20)18-16-10-6-12-19(13-16)11-5-9-15-7-3-2-4-8-15/h2-4,7-8,16H,5-6,9-14H2,1H3,(H,18,20). The van der Waals surface area contributed by atoms with Crippen LogP contribution in [0.3, 0.4) is 0 Å². The van der Waals surface area contributed by atoms with E-state index in [9.17, 15) is 4.79 Å². The van der Waals surface area contributed by atoms with Crippen LogP contribution in [0.25, 0.3) is 0 Å². The molecule has 0 bridgehead atoms. The number of amides is 1. The molecule has 1 heterocycles. The molecule has 21 heavy (non-hydrogen) atoms. The predicted molar refractivity (Wildman–Crippen MR) is 90.7 cm³/mol. The number of nitrogens with one attached hydrogen (secondary N) is 1. The first-order valence-electron chi connectivity index (χ1n) is 7.82. The van der Waals surface area contributed by atoms with Gasteiger partial charge < -0.3 is 10.2 Å². The number of carbonyl (C=O) groups is 1. The van der Waals surface area contributed by atoms with Crippen molar-refractivity contribution in [2.24, 2.45) is 0 Å². The lowest BCUT2D eigenvalue weighted by Gasteiger charge is -2.33. The van der Waals surface area contributed by atoms with E-state index in [1.807, 2.05) is 6.26 Å². The van der Waals surface area contributed by atoms with Crippen molar-refractivity contribution in [1.29, 1.82) is 0 Å². The van der Waals surface area contributed by atoms with E-state index in [2.05, 4.69) is 40.5 Å². The highest BCUT2D eigenvalue weighted by Crippen LogP contribution is 2.12. The third-order valence-corrected chi connectivity index (χ3v) is 4.48. The van der Waals surface area contributed by atoms with Gasteiger partial charge in [0, 0.05) is 12.6 Å². The third kappa shape index (κ3) is 6.10. The van der Waals surface area contributed by atoms with Crippen LogP contribution in [0, 0.1) is 0 Å². The summed E-state index contributed by atoms with van der Waals surface area (Å²) in [5, 5.41) is 3.16. The summed E-state index contributed by atoms with van der Waals surface area (Å²) in [4.78, 5) is 14.2. The van der Waals surface area contributed by atoms with Gasteiger partial charge in [0.05, 0.1) is 5.75 Å². The van der Waals surface area contributed by atoms with Crippen LogP contribution in [0.5, 0.6) is 0 Å². The Morgan fingerprint density at radius 2 is 2.19 bits per heavy atom. The second kappa shape index (κ2) is 9.11. The molecule has 0 radical (unpaired) electrons. The summed E-state index contributed by atoms with van der Waals surface area (Å²) in [5.41, 5.74) is 1.42. The largest absolute Gasteiger partial charge is 0.351 e. The topological polar surface area (TPSA) is 32.3 Å². The molecule has 4 heteroatoms. The molecule has 1 fully saturated rings. The van der Waals surface area contributed by atoms with E-state index >= 15 is 0 Å². The number of hydrogen-bond donors (Lipinski definition) is 1. The minimum Gasteiger partial charge on any atom is -0.351 e. The van der Waals surface area contributed by atoms with E-state index in [0.29, 0.717) is 11.8 Å². The molecule has 0 aliphatic carbocycles. The van der Waals surface area contributed by atoms with Crippen LogP contribution in [0.15, 0.2) is 30.3 Å². The average molecular weight is 306 g/mol. The minimum absolute atomic E-state index is 0.179. The first-order valence-corrected chi connectivity index (χ1v) is 9.22. The van der Waals surface area contributed by atoms with E-state index < -0.39 is 0 Å². The summed E-state index contributed by atoms with van der Waals surface area (Å²) in [7, 11) is 0. The van der Waals surface area contributed by atoms with Gasteiger partial charge in [-0.25, -0.2) is 0 Å². The summed E-state index contributed by atoms with van der Waals surface area (Å²) >= 11 is 1.58. The highest BCUT2D eigenvalue weighted by Gasteiger charge is 2.20. The molecule has 2 rings (SSSR count). The maximum Gasteiger partial charge on any atom is 0.230 e. The fourth-order valence-electron chi connectivity index (χ4n) is 2.93. The molecule has 1 aromatic carbocycles. The van der Waals surface area contributed by atoms with Crippen molar-refractivity contribution in [2.75, 3.05) is 31.6 Å². The number of carbonyl (C=O) groups excluding carboxylic acids is 1. The molecule has 1 N–H and O–H groups in total.